The number of benzene rings is 1. The summed E-state index contributed by atoms with van der Waals surface area (Å²) in [6, 6.07) is 3.06. The van der Waals surface area contributed by atoms with Crippen molar-refractivity contribution >= 4 is 15.9 Å². The highest BCUT2D eigenvalue weighted by Crippen LogP contribution is 2.26. The molecule has 1 saturated carbocycles. The molecule has 0 aromatic heterocycles. The lowest BCUT2D eigenvalue weighted by Crippen LogP contribution is -2.39. The minimum atomic E-state index is -4.07. The van der Waals surface area contributed by atoms with E-state index < -0.39 is 21.7 Å². The molecule has 5 nitrogen and oxygen atoms in total. The Morgan fingerprint density at radius 1 is 1.38 bits per heavy atom. The van der Waals surface area contributed by atoms with Crippen molar-refractivity contribution in [3.05, 3.63) is 29.6 Å². The normalized spacial score (nSPS) is 16.1. The fraction of sp³-hybridized carbons (Fsp3) is 0.500. The molecule has 116 valence electrons. The molecule has 0 saturated heterocycles. The van der Waals surface area contributed by atoms with Crippen LogP contribution in [-0.4, -0.2) is 31.8 Å². The van der Waals surface area contributed by atoms with Gasteiger partial charge in [-0.15, -0.1) is 0 Å². The quantitative estimate of drug-likeness (QED) is 0.921. The molecule has 0 radical (unpaired) electrons. The maximum atomic E-state index is 13.4. The molecule has 2 N–H and O–H groups in total. The Morgan fingerprint density at radius 2 is 2.00 bits per heavy atom. The minimum absolute atomic E-state index is 0.0825. The van der Waals surface area contributed by atoms with Crippen LogP contribution in [0.25, 0.3) is 0 Å². The molecular weight excluding hydrogens is 295 g/mol. The fourth-order valence-electron chi connectivity index (χ4n) is 2.86. The Morgan fingerprint density at radius 3 is 2.52 bits per heavy atom. The number of nitrogens with zero attached hydrogens (tertiary/aromatic N) is 1. The molecule has 1 aromatic carbocycles. The Hall–Kier alpha value is -1.47. The van der Waals surface area contributed by atoms with E-state index in [1.165, 1.54) is 0 Å². The Kier molecular flexibility index (Phi) is 4.63. The van der Waals surface area contributed by atoms with Crippen LogP contribution in [0, 0.1) is 5.82 Å². The average Bonchev–Trinajstić information content (AvgIpc) is 2.91. The van der Waals surface area contributed by atoms with E-state index in [0.29, 0.717) is 6.54 Å². The molecule has 1 fully saturated rings. The summed E-state index contributed by atoms with van der Waals surface area (Å²) in [5.74, 6) is -1.14. The number of halogens is 1. The molecule has 21 heavy (non-hydrogen) atoms. The molecule has 2 rings (SSSR count). The van der Waals surface area contributed by atoms with Crippen LogP contribution in [0.1, 0.15) is 43.0 Å². The summed E-state index contributed by atoms with van der Waals surface area (Å²) in [7, 11) is -4.07. The van der Waals surface area contributed by atoms with Gasteiger partial charge in [-0.1, -0.05) is 12.8 Å². The minimum Gasteiger partial charge on any atom is -0.336 e. The number of hydrogen-bond donors (Lipinski definition) is 1. The number of primary sulfonamides is 1. The Labute approximate surface area is 124 Å². The van der Waals surface area contributed by atoms with E-state index in [0.717, 1.165) is 43.9 Å². The highest BCUT2D eigenvalue weighted by molar-refractivity contribution is 7.89. The lowest BCUT2D eigenvalue weighted by atomic mass is 10.1. The second-order valence-corrected chi connectivity index (χ2v) is 6.74. The van der Waals surface area contributed by atoms with E-state index in [9.17, 15) is 17.6 Å². The van der Waals surface area contributed by atoms with Gasteiger partial charge in [0.2, 0.25) is 10.0 Å². The van der Waals surface area contributed by atoms with Crippen molar-refractivity contribution in [3.63, 3.8) is 0 Å². The number of carbonyl (C=O) groups is 1. The standard InChI is InChI=1S/C14H19FN2O3S/c1-2-17(11-5-3-4-6-11)14(18)12-9-10(15)7-8-13(12)21(16,19)20/h7-9,11H,2-6H2,1H3,(H2,16,19,20). The molecule has 1 aromatic rings. The molecule has 0 heterocycles. The van der Waals surface area contributed by atoms with Crippen LogP contribution in [-0.2, 0) is 10.0 Å². The van der Waals surface area contributed by atoms with Gasteiger partial charge in [0.15, 0.2) is 0 Å². The van der Waals surface area contributed by atoms with Gasteiger partial charge >= 0.3 is 0 Å². The monoisotopic (exact) mass is 314 g/mol. The summed E-state index contributed by atoms with van der Waals surface area (Å²) >= 11 is 0. The lowest BCUT2D eigenvalue weighted by Gasteiger charge is -2.28. The van der Waals surface area contributed by atoms with Crippen LogP contribution < -0.4 is 5.14 Å². The second kappa shape index (κ2) is 6.11. The van der Waals surface area contributed by atoms with E-state index in [4.69, 9.17) is 5.14 Å². The largest absolute Gasteiger partial charge is 0.336 e. The van der Waals surface area contributed by atoms with E-state index in [1.54, 1.807) is 4.90 Å². The Bertz CT molecular complexity index is 640. The van der Waals surface area contributed by atoms with Crippen molar-refractivity contribution < 1.29 is 17.6 Å². The van der Waals surface area contributed by atoms with Crippen LogP contribution in [0.4, 0.5) is 4.39 Å². The number of nitrogens with two attached hydrogens (primary N) is 1. The van der Waals surface area contributed by atoms with Gasteiger partial charge in [0.25, 0.3) is 5.91 Å². The van der Waals surface area contributed by atoms with Gasteiger partial charge in [-0.2, -0.15) is 0 Å². The van der Waals surface area contributed by atoms with Gasteiger partial charge in [0.1, 0.15) is 5.82 Å². The summed E-state index contributed by atoms with van der Waals surface area (Å²) in [4.78, 5) is 13.9. The van der Waals surface area contributed by atoms with Gasteiger partial charge in [-0.25, -0.2) is 17.9 Å². The zero-order valence-electron chi connectivity index (χ0n) is 11.9. The van der Waals surface area contributed by atoms with Crippen molar-refractivity contribution in [2.24, 2.45) is 5.14 Å². The van der Waals surface area contributed by atoms with Crippen LogP contribution in [0.5, 0.6) is 0 Å². The first-order chi connectivity index (χ1) is 9.84. The Balaban J connectivity index is 2.44. The molecule has 1 amide bonds. The summed E-state index contributed by atoms with van der Waals surface area (Å²) < 4.78 is 36.6. The summed E-state index contributed by atoms with van der Waals surface area (Å²) in [5, 5.41) is 5.12. The lowest BCUT2D eigenvalue weighted by molar-refractivity contribution is 0.0689. The molecular formula is C14H19FN2O3S. The van der Waals surface area contributed by atoms with Crippen LogP contribution in [0.3, 0.4) is 0 Å². The van der Waals surface area contributed by atoms with Crippen LogP contribution >= 0.6 is 0 Å². The topological polar surface area (TPSA) is 80.5 Å². The fourth-order valence-corrected chi connectivity index (χ4v) is 3.57. The second-order valence-electron chi connectivity index (χ2n) is 5.21. The van der Waals surface area contributed by atoms with Crippen LogP contribution in [0.2, 0.25) is 0 Å². The number of sulfonamides is 1. The van der Waals surface area contributed by atoms with Crippen molar-refractivity contribution in [1.82, 2.24) is 4.90 Å². The first kappa shape index (κ1) is 15.9. The van der Waals surface area contributed by atoms with Gasteiger partial charge in [0, 0.05) is 12.6 Å². The van der Waals surface area contributed by atoms with Crippen molar-refractivity contribution in [2.75, 3.05) is 6.54 Å². The van der Waals surface area contributed by atoms with E-state index in [-0.39, 0.29) is 16.5 Å². The third kappa shape index (κ3) is 3.41. The molecule has 0 atom stereocenters. The maximum absolute atomic E-state index is 13.4. The molecule has 7 heteroatoms. The highest BCUT2D eigenvalue weighted by Gasteiger charge is 2.29. The average molecular weight is 314 g/mol. The van der Waals surface area contributed by atoms with Gasteiger partial charge in [-0.3, -0.25) is 4.79 Å². The predicted octanol–water partition coefficient (Wildman–Crippen LogP) is 1.88. The first-order valence-corrected chi connectivity index (χ1v) is 8.52. The number of rotatable bonds is 4. The summed E-state index contributed by atoms with van der Waals surface area (Å²) in [6.07, 6.45) is 3.86. The molecule has 1 aliphatic carbocycles. The number of carbonyl (C=O) groups excluding carboxylic acids is 1. The van der Waals surface area contributed by atoms with E-state index in [2.05, 4.69) is 0 Å². The van der Waals surface area contributed by atoms with Gasteiger partial charge in [0.05, 0.1) is 10.5 Å². The third-order valence-corrected chi connectivity index (χ3v) is 4.81. The molecule has 0 aliphatic heterocycles. The smallest absolute Gasteiger partial charge is 0.255 e. The van der Waals surface area contributed by atoms with Crippen molar-refractivity contribution in [1.29, 1.82) is 0 Å². The maximum Gasteiger partial charge on any atom is 0.255 e. The summed E-state index contributed by atoms with van der Waals surface area (Å²) in [5.41, 5.74) is -0.189. The summed E-state index contributed by atoms with van der Waals surface area (Å²) in [6.45, 7) is 2.27. The molecule has 1 aliphatic rings. The van der Waals surface area contributed by atoms with Gasteiger partial charge < -0.3 is 4.90 Å². The highest BCUT2D eigenvalue weighted by atomic mass is 32.2. The van der Waals surface area contributed by atoms with Crippen molar-refractivity contribution in [2.45, 2.75) is 43.5 Å². The van der Waals surface area contributed by atoms with Crippen LogP contribution in [0.15, 0.2) is 23.1 Å². The SMILES string of the molecule is CCN(C(=O)c1cc(F)ccc1S(N)(=O)=O)C1CCCC1. The third-order valence-electron chi connectivity index (χ3n) is 3.85. The zero-order chi connectivity index (χ0) is 15.6. The zero-order valence-corrected chi connectivity index (χ0v) is 12.7. The predicted molar refractivity (Wildman–Crippen MR) is 76.7 cm³/mol. The number of hydrogen-bond acceptors (Lipinski definition) is 3. The van der Waals surface area contributed by atoms with E-state index in [1.807, 2.05) is 6.92 Å². The van der Waals surface area contributed by atoms with E-state index >= 15 is 0 Å². The van der Waals surface area contributed by atoms with Gasteiger partial charge in [-0.05, 0) is 38.0 Å². The van der Waals surface area contributed by atoms with Crippen molar-refractivity contribution in [3.8, 4) is 0 Å². The number of amides is 1. The molecule has 0 spiro atoms. The molecule has 0 bridgehead atoms. The first-order valence-electron chi connectivity index (χ1n) is 6.98. The molecule has 0 unspecified atom stereocenters.